The van der Waals surface area contributed by atoms with Gasteiger partial charge < -0.3 is 28.5 Å². The zero-order valence-electron chi connectivity index (χ0n) is 56.3. The van der Waals surface area contributed by atoms with Crippen LogP contribution < -0.4 is 13.3 Å². The Morgan fingerprint density at radius 3 is 1.19 bits per heavy atom. The molecule has 1 N–H and O–H groups in total. The second-order valence-electron chi connectivity index (χ2n) is 23.9. The predicted octanol–water partition coefficient (Wildman–Crippen LogP) is 17.0. The number of unbranched alkanes of at least 4 members (excludes halogenated alkanes) is 6. The van der Waals surface area contributed by atoms with Crippen molar-refractivity contribution in [1.29, 1.82) is 0 Å². The number of carbonyl (C=O) groups is 2. The zero-order chi connectivity index (χ0) is 67.2. The number of aliphatic hydroxyl groups is 1. The Balaban J connectivity index is 0.000000255. The summed E-state index contributed by atoms with van der Waals surface area (Å²) in [7, 11) is -7.21. The van der Waals surface area contributed by atoms with Gasteiger partial charge in [-0.1, -0.05) is 141 Å². The van der Waals surface area contributed by atoms with Gasteiger partial charge in [-0.05, 0) is 174 Å². The quantitative estimate of drug-likeness (QED) is 0.0287. The fourth-order valence-electron chi connectivity index (χ4n) is 11.0. The molecule has 2 aromatic heterocycles. The van der Waals surface area contributed by atoms with Crippen LogP contribution in [0.5, 0.6) is 5.75 Å². The van der Waals surface area contributed by atoms with Crippen LogP contribution in [-0.4, -0.2) is 108 Å². The Morgan fingerprint density at radius 1 is 0.462 bits per heavy atom. The van der Waals surface area contributed by atoms with Crippen LogP contribution in [0, 0.1) is 5.82 Å². The monoisotopic (exact) mass is 1310 g/mol. The third-order valence-electron chi connectivity index (χ3n) is 16.2. The highest BCUT2D eigenvalue weighted by molar-refractivity contribution is 7.92. The number of nitrogens with zero attached hydrogens (tertiary/aromatic N) is 4. The highest BCUT2D eigenvalue weighted by atomic mass is 32.2. The van der Waals surface area contributed by atoms with E-state index in [-0.39, 0.29) is 24.7 Å². The molecule has 8 aromatic rings. The Hall–Kier alpha value is -7.15. The van der Waals surface area contributed by atoms with Crippen molar-refractivity contribution in [3.8, 4) is 5.75 Å². The molecule has 14 nitrogen and oxygen atoms in total. The van der Waals surface area contributed by atoms with E-state index in [1.165, 1.54) is 104 Å². The SMILES string of the molecule is CCCCN(CCCC)CCCO.CCCCc1oc2ccc(N(Cc3ccccc3)S(C)(=O)=O)cc2c1C(=O)c1ccc(F)cc1.CCCCc1oc2ccc(N(Cc3ccccc3)S(C)(=O)=O)cc2c1C(=O)c1ccc(OCCCN(CCCC)CCCC)cc1. The number of fused-ring (bicyclic) bond motifs is 2. The number of hydrogen-bond donors (Lipinski definition) is 1. The number of ketones is 2. The lowest BCUT2D eigenvalue weighted by atomic mass is 9.98. The van der Waals surface area contributed by atoms with Crippen molar-refractivity contribution in [2.75, 3.05) is 73.6 Å². The second kappa shape index (κ2) is 38.9. The van der Waals surface area contributed by atoms with Crippen molar-refractivity contribution < 1.29 is 49.5 Å². The molecule has 8 rings (SSSR count). The van der Waals surface area contributed by atoms with Crippen molar-refractivity contribution in [2.45, 2.75) is 157 Å². The van der Waals surface area contributed by atoms with Gasteiger partial charge in [0.1, 0.15) is 34.3 Å². The lowest BCUT2D eigenvalue weighted by Gasteiger charge is -2.22. The Bertz CT molecular complexity index is 3720. The molecule has 0 radical (unpaired) electrons. The van der Waals surface area contributed by atoms with Gasteiger partial charge in [0.25, 0.3) is 0 Å². The molecule has 0 fully saturated rings. The first-order valence-corrected chi connectivity index (χ1v) is 37.3. The van der Waals surface area contributed by atoms with E-state index in [2.05, 4.69) is 51.3 Å². The van der Waals surface area contributed by atoms with Crippen LogP contribution >= 0.6 is 0 Å². The molecule has 0 saturated heterocycles. The fraction of sp³-hybridized carbons (Fsp3) is 0.447. The van der Waals surface area contributed by atoms with Crippen LogP contribution in [-0.2, 0) is 46.0 Å². The number of aliphatic hydroxyl groups excluding tert-OH is 1. The average molecular weight is 1310 g/mol. The molecule has 2 heterocycles. The van der Waals surface area contributed by atoms with E-state index in [0.29, 0.717) is 93.1 Å². The summed E-state index contributed by atoms with van der Waals surface area (Å²) in [6.07, 6.45) is 19.0. The number of carbonyl (C=O) groups excluding carboxylic acids is 2. The van der Waals surface area contributed by atoms with Crippen LogP contribution in [0.2, 0.25) is 0 Å². The minimum atomic E-state index is -3.61. The van der Waals surface area contributed by atoms with Crippen molar-refractivity contribution in [2.24, 2.45) is 0 Å². The van der Waals surface area contributed by atoms with Crippen molar-refractivity contribution >= 4 is 64.9 Å². The summed E-state index contributed by atoms with van der Waals surface area (Å²) in [5.41, 5.74) is 5.48. The third kappa shape index (κ3) is 23.4. The molecule has 0 unspecified atom stereocenters. The Kier molecular flexibility index (Phi) is 31.3. The number of rotatable bonds is 38. The summed E-state index contributed by atoms with van der Waals surface area (Å²) >= 11 is 0. The molecule has 0 amide bonds. The molecule has 17 heteroatoms. The molecule has 0 bridgehead atoms. The molecule has 0 spiro atoms. The predicted molar refractivity (Wildman–Crippen MR) is 379 cm³/mol. The van der Waals surface area contributed by atoms with E-state index < -0.39 is 25.9 Å². The van der Waals surface area contributed by atoms with Gasteiger partial charge in [-0.3, -0.25) is 18.2 Å². The largest absolute Gasteiger partial charge is 0.494 e. The summed E-state index contributed by atoms with van der Waals surface area (Å²) in [4.78, 5) is 32.5. The van der Waals surface area contributed by atoms with E-state index in [0.717, 1.165) is 87.8 Å². The van der Waals surface area contributed by atoms with Crippen LogP contribution in [0.1, 0.15) is 186 Å². The highest BCUT2D eigenvalue weighted by Crippen LogP contribution is 2.36. The first kappa shape index (κ1) is 74.9. The summed E-state index contributed by atoms with van der Waals surface area (Å²) in [5, 5.41) is 9.90. The zero-order valence-corrected chi connectivity index (χ0v) is 58.0. The van der Waals surface area contributed by atoms with Gasteiger partial charge in [-0.2, -0.15) is 0 Å². The molecule has 0 saturated carbocycles. The fourth-order valence-corrected chi connectivity index (χ4v) is 12.7. The molecular weight excluding hydrogens is 1210 g/mol. The highest BCUT2D eigenvalue weighted by Gasteiger charge is 2.27. The Morgan fingerprint density at radius 2 is 0.828 bits per heavy atom. The van der Waals surface area contributed by atoms with Crippen LogP contribution in [0.15, 0.2) is 154 Å². The standard InChI is InChI=1S/C38H50N2O5S.C27H26FNO4S.C11H25NO/c1-5-8-17-36-37(34-28-32(20-23-35(34)45-36)40(46(4,42)43)29-30-15-12-11-13-16-30)38(41)31-18-21-33(22-19-31)44-27-14-26-39(24-9-6-2)25-10-7-3;1-3-4-10-25-26(27(30)20-11-13-21(28)14-12-20)23-17-22(15-16-24(23)33-25)29(34(2,31)32)18-19-8-6-5-7-9-19;1-3-5-8-12(9-6-4-2)10-7-11-13/h11-13,15-16,18-23,28H,5-10,14,17,24-27,29H2,1-4H3;5-9,11-17H,3-4,10,18H2,1-2H3;13H,3-11H2,1-2H3. The maximum Gasteiger partial charge on any atom is 0.232 e. The van der Waals surface area contributed by atoms with E-state index in [1.807, 2.05) is 72.8 Å². The number of ether oxygens (including phenoxy) is 1. The lowest BCUT2D eigenvalue weighted by molar-refractivity contribution is 0.103. The topological polar surface area (TPSA) is 171 Å². The molecule has 0 atom stereocenters. The van der Waals surface area contributed by atoms with E-state index in [9.17, 15) is 30.8 Å². The van der Waals surface area contributed by atoms with E-state index in [4.69, 9.17) is 18.7 Å². The maximum absolute atomic E-state index is 14.1. The average Bonchev–Trinajstić information content (AvgIpc) is 1.66. The molecule has 504 valence electrons. The van der Waals surface area contributed by atoms with Gasteiger partial charge in [-0.15, -0.1) is 0 Å². The summed E-state index contributed by atoms with van der Waals surface area (Å²) in [5.74, 6) is 1.06. The minimum Gasteiger partial charge on any atom is -0.494 e. The number of aryl methyl sites for hydroxylation is 2. The van der Waals surface area contributed by atoms with Crippen LogP contribution in [0.3, 0.4) is 0 Å². The summed E-state index contributed by atoms with van der Waals surface area (Å²) < 4.78 is 85.6. The molecule has 6 aromatic carbocycles. The van der Waals surface area contributed by atoms with Crippen molar-refractivity contribution in [1.82, 2.24) is 9.80 Å². The first-order valence-electron chi connectivity index (χ1n) is 33.6. The first-order chi connectivity index (χ1) is 44.9. The molecule has 0 aliphatic carbocycles. The van der Waals surface area contributed by atoms with E-state index in [1.54, 1.807) is 48.5 Å². The van der Waals surface area contributed by atoms with Gasteiger partial charge in [0, 0.05) is 54.4 Å². The summed E-state index contributed by atoms with van der Waals surface area (Å²) in [6, 6.07) is 41.8. The molecular formula is C76H101FN4O10S2. The van der Waals surface area contributed by atoms with Gasteiger partial charge in [-0.25, -0.2) is 21.2 Å². The molecule has 93 heavy (non-hydrogen) atoms. The van der Waals surface area contributed by atoms with Gasteiger partial charge in [0.15, 0.2) is 11.6 Å². The molecule has 0 aliphatic heterocycles. The lowest BCUT2D eigenvalue weighted by Crippen LogP contribution is -2.29. The number of sulfonamides is 2. The van der Waals surface area contributed by atoms with Crippen LogP contribution in [0.4, 0.5) is 15.8 Å². The number of anilines is 2. The summed E-state index contributed by atoms with van der Waals surface area (Å²) in [6.45, 7) is 21.1. The van der Waals surface area contributed by atoms with E-state index >= 15 is 0 Å². The molecule has 0 aliphatic rings. The van der Waals surface area contributed by atoms with Crippen molar-refractivity contribution in [3.05, 3.63) is 196 Å². The van der Waals surface area contributed by atoms with Gasteiger partial charge >= 0.3 is 0 Å². The minimum absolute atomic E-state index is 0.148. The van der Waals surface area contributed by atoms with Crippen molar-refractivity contribution in [3.63, 3.8) is 0 Å². The number of benzene rings is 6. The number of halogens is 1. The smallest absolute Gasteiger partial charge is 0.232 e. The Labute approximate surface area is 554 Å². The second-order valence-corrected chi connectivity index (χ2v) is 27.8. The van der Waals surface area contributed by atoms with Gasteiger partial charge in [0.2, 0.25) is 20.0 Å². The normalized spacial score (nSPS) is 11.6. The number of hydrogen-bond acceptors (Lipinski definition) is 12. The van der Waals surface area contributed by atoms with Gasteiger partial charge in [0.05, 0.1) is 54.7 Å². The van der Waals surface area contributed by atoms with Crippen LogP contribution in [0.25, 0.3) is 21.9 Å². The maximum atomic E-state index is 14.1. The third-order valence-corrected chi connectivity index (χ3v) is 18.5. The number of furan rings is 2.